The molecule has 5 nitrogen and oxygen atoms in total. The van der Waals surface area contributed by atoms with Crippen LogP contribution in [0.5, 0.6) is 0 Å². The first-order chi connectivity index (χ1) is 10.1. The van der Waals surface area contributed by atoms with Gasteiger partial charge in [0.1, 0.15) is 21.7 Å². The predicted molar refractivity (Wildman–Crippen MR) is 86.7 cm³/mol. The highest BCUT2D eigenvalue weighted by Crippen LogP contribution is 2.41. The highest BCUT2D eigenvalue weighted by molar-refractivity contribution is 9.10. The van der Waals surface area contributed by atoms with Crippen LogP contribution in [0, 0.1) is 5.41 Å². The first kappa shape index (κ1) is 14.7. The van der Waals surface area contributed by atoms with Crippen LogP contribution in [0.4, 0.5) is 0 Å². The monoisotopic (exact) mass is 383 g/mol. The minimum absolute atomic E-state index is 0.115. The minimum Gasteiger partial charge on any atom is -0.450 e. The van der Waals surface area contributed by atoms with E-state index in [2.05, 4.69) is 26.1 Å². The SMILES string of the molecule is CCc1nnc([C@H]2C(=N)S/C(=C\c3ccc(Br)o3)C2=O)s1. The number of halogens is 1. The summed E-state index contributed by atoms with van der Waals surface area (Å²) < 4.78 is 5.98. The molecule has 1 fully saturated rings. The maximum atomic E-state index is 12.5. The van der Waals surface area contributed by atoms with Gasteiger partial charge in [0.25, 0.3) is 0 Å². The molecular formula is C13H10BrN3O2S2. The van der Waals surface area contributed by atoms with Gasteiger partial charge >= 0.3 is 0 Å². The Labute approximate surface area is 137 Å². The topological polar surface area (TPSA) is 79.8 Å². The van der Waals surface area contributed by atoms with Gasteiger partial charge in [0.15, 0.2) is 10.5 Å². The van der Waals surface area contributed by atoms with Gasteiger partial charge < -0.3 is 4.42 Å². The Morgan fingerprint density at radius 3 is 2.90 bits per heavy atom. The van der Waals surface area contributed by atoms with Crippen molar-refractivity contribution in [3.05, 3.63) is 37.5 Å². The van der Waals surface area contributed by atoms with E-state index in [0.29, 0.717) is 20.3 Å². The molecule has 3 heterocycles. The Morgan fingerprint density at radius 1 is 1.48 bits per heavy atom. The predicted octanol–water partition coefficient (Wildman–Crippen LogP) is 3.87. The Balaban J connectivity index is 1.90. The molecule has 0 saturated carbocycles. The molecule has 21 heavy (non-hydrogen) atoms. The molecule has 2 aromatic rings. The summed E-state index contributed by atoms with van der Waals surface area (Å²) in [6.45, 7) is 1.99. The molecule has 1 saturated heterocycles. The van der Waals surface area contributed by atoms with Crippen LogP contribution < -0.4 is 0 Å². The lowest BCUT2D eigenvalue weighted by atomic mass is 10.1. The molecular weight excluding hydrogens is 374 g/mol. The van der Waals surface area contributed by atoms with Crippen LogP contribution in [0.1, 0.15) is 28.6 Å². The second-order valence-corrected chi connectivity index (χ2v) is 7.26. The van der Waals surface area contributed by atoms with E-state index < -0.39 is 5.92 Å². The zero-order valence-electron chi connectivity index (χ0n) is 10.9. The number of ketones is 1. The summed E-state index contributed by atoms with van der Waals surface area (Å²) in [5, 5.41) is 17.9. The number of carbonyl (C=O) groups is 1. The van der Waals surface area contributed by atoms with Crippen LogP contribution >= 0.6 is 39.0 Å². The summed E-state index contributed by atoms with van der Waals surface area (Å²) in [5.74, 6) is -0.147. The van der Waals surface area contributed by atoms with Crippen LogP contribution in [0.3, 0.4) is 0 Å². The van der Waals surface area contributed by atoms with Crippen LogP contribution in [-0.2, 0) is 11.2 Å². The van der Waals surface area contributed by atoms with Crippen molar-refractivity contribution in [2.75, 3.05) is 0 Å². The van der Waals surface area contributed by atoms with E-state index in [9.17, 15) is 4.79 Å². The van der Waals surface area contributed by atoms with Crippen molar-refractivity contribution in [3.63, 3.8) is 0 Å². The number of aromatic nitrogens is 2. The molecule has 8 heteroatoms. The number of furan rings is 1. The van der Waals surface area contributed by atoms with Gasteiger partial charge in [-0.2, -0.15) is 0 Å². The van der Waals surface area contributed by atoms with Gasteiger partial charge in [-0.1, -0.05) is 18.7 Å². The molecule has 0 aromatic carbocycles. The van der Waals surface area contributed by atoms with Crippen LogP contribution in [0.15, 0.2) is 26.1 Å². The van der Waals surface area contributed by atoms with Crippen LogP contribution in [0.2, 0.25) is 0 Å². The number of allylic oxidation sites excluding steroid dienone is 1. The summed E-state index contributed by atoms with van der Waals surface area (Å²) in [7, 11) is 0. The van der Waals surface area contributed by atoms with E-state index in [1.165, 1.54) is 11.3 Å². The van der Waals surface area contributed by atoms with Crippen molar-refractivity contribution >= 4 is 55.9 Å². The molecule has 1 aliphatic heterocycles. The number of nitrogens with zero attached hydrogens (tertiary/aromatic N) is 2. The number of thioether (sulfide) groups is 1. The second-order valence-electron chi connectivity index (χ2n) is 4.30. The molecule has 2 aromatic heterocycles. The lowest BCUT2D eigenvalue weighted by Crippen LogP contribution is -2.11. The lowest BCUT2D eigenvalue weighted by Gasteiger charge is -2.00. The molecule has 0 unspecified atom stereocenters. The molecule has 1 atom stereocenters. The van der Waals surface area contributed by atoms with Crippen molar-refractivity contribution in [1.29, 1.82) is 5.41 Å². The van der Waals surface area contributed by atoms with Crippen molar-refractivity contribution in [3.8, 4) is 0 Å². The van der Waals surface area contributed by atoms with E-state index in [1.54, 1.807) is 18.2 Å². The van der Waals surface area contributed by atoms with Crippen LogP contribution in [0.25, 0.3) is 6.08 Å². The van der Waals surface area contributed by atoms with Gasteiger partial charge in [0, 0.05) is 0 Å². The smallest absolute Gasteiger partial charge is 0.186 e. The molecule has 1 aliphatic rings. The summed E-state index contributed by atoms with van der Waals surface area (Å²) in [5.41, 5.74) is 0. The summed E-state index contributed by atoms with van der Waals surface area (Å²) in [6, 6.07) is 3.53. The zero-order chi connectivity index (χ0) is 15.0. The largest absolute Gasteiger partial charge is 0.450 e. The average molecular weight is 384 g/mol. The fourth-order valence-corrected chi connectivity index (χ4v) is 4.13. The van der Waals surface area contributed by atoms with Gasteiger partial charge in [-0.05, 0) is 40.6 Å². The normalized spacial score (nSPS) is 20.7. The molecule has 0 radical (unpaired) electrons. The highest BCUT2D eigenvalue weighted by atomic mass is 79.9. The molecule has 3 rings (SSSR count). The standard InChI is InChI=1S/C13H10BrN3O2S2/c1-2-9-16-17-13(21-9)10-11(18)7(20-12(10)15)5-6-3-4-8(14)19-6/h3-5,10,15H,2H2,1H3/b7-5-,15-12?/t10-/m1/s1. The van der Waals surface area contributed by atoms with Gasteiger partial charge in [-0.15, -0.1) is 21.5 Å². The molecule has 0 amide bonds. The van der Waals surface area contributed by atoms with Crippen molar-refractivity contribution < 1.29 is 9.21 Å². The third kappa shape index (κ3) is 2.88. The fourth-order valence-electron chi connectivity index (χ4n) is 1.88. The Hall–Kier alpha value is -1.25. The lowest BCUT2D eigenvalue weighted by molar-refractivity contribution is -0.114. The maximum Gasteiger partial charge on any atom is 0.186 e. The van der Waals surface area contributed by atoms with Crippen LogP contribution in [-0.4, -0.2) is 21.0 Å². The minimum atomic E-state index is -0.613. The first-order valence-corrected chi connectivity index (χ1v) is 8.61. The fraction of sp³-hybridized carbons (Fsp3) is 0.231. The summed E-state index contributed by atoms with van der Waals surface area (Å²) in [4.78, 5) is 13.0. The van der Waals surface area contributed by atoms with Crippen molar-refractivity contribution in [1.82, 2.24) is 10.2 Å². The Morgan fingerprint density at radius 2 is 2.29 bits per heavy atom. The maximum absolute atomic E-state index is 12.5. The molecule has 0 bridgehead atoms. The van der Waals surface area contributed by atoms with Crippen molar-refractivity contribution in [2.45, 2.75) is 19.3 Å². The second kappa shape index (κ2) is 5.86. The number of rotatable bonds is 3. The third-order valence-electron chi connectivity index (χ3n) is 2.89. The quantitative estimate of drug-likeness (QED) is 0.813. The van der Waals surface area contributed by atoms with E-state index in [0.717, 1.165) is 23.2 Å². The van der Waals surface area contributed by atoms with E-state index in [1.807, 2.05) is 6.92 Å². The van der Waals surface area contributed by atoms with E-state index in [-0.39, 0.29) is 10.8 Å². The number of carbonyl (C=O) groups excluding carboxylic acids is 1. The molecule has 1 N–H and O–H groups in total. The van der Waals surface area contributed by atoms with Gasteiger partial charge in [-0.25, -0.2) is 0 Å². The van der Waals surface area contributed by atoms with E-state index in [4.69, 9.17) is 9.83 Å². The van der Waals surface area contributed by atoms with E-state index >= 15 is 0 Å². The molecule has 0 spiro atoms. The Bertz CT molecular complexity index is 750. The summed E-state index contributed by atoms with van der Waals surface area (Å²) >= 11 is 5.77. The number of aryl methyl sites for hydroxylation is 1. The number of hydrogen-bond acceptors (Lipinski definition) is 7. The molecule has 108 valence electrons. The Kier molecular flexibility index (Phi) is 4.10. The first-order valence-electron chi connectivity index (χ1n) is 6.18. The van der Waals surface area contributed by atoms with Crippen molar-refractivity contribution in [2.24, 2.45) is 0 Å². The third-order valence-corrected chi connectivity index (χ3v) is 5.44. The number of nitrogens with one attached hydrogen (secondary N) is 1. The highest BCUT2D eigenvalue weighted by Gasteiger charge is 2.39. The average Bonchev–Trinajstić information content (AvgIpc) is 3.12. The number of Topliss-reactive ketones (excluding diaryl/α,β-unsaturated/α-hetero) is 1. The summed E-state index contributed by atoms with van der Waals surface area (Å²) in [6.07, 6.45) is 2.44. The van der Waals surface area contributed by atoms with Gasteiger partial charge in [0.05, 0.1) is 9.95 Å². The molecule has 0 aliphatic carbocycles. The zero-order valence-corrected chi connectivity index (χ0v) is 14.1. The van der Waals surface area contributed by atoms with Gasteiger partial charge in [0.2, 0.25) is 0 Å². The van der Waals surface area contributed by atoms with Gasteiger partial charge in [-0.3, -0.25) is 10.2 Å². The number of hydrogen-bond donors (Lipinski definition) is 1.